The van der Waals surface area contributed by atoms with E-state index in [0.29, 0.717) is 17.9 Å². The molecule has 1 aromatic carbocycles. The van der Waals surface area contributed by atoms with E-state index in [1.54, 1.807) is 12.1 Å². The Morgan fingerprint density at radius 2 is 2.12 bits per heavy atom. The second kappa shape index (κ2) is 4.54. The molecule has 1 aliphatic carbocycles. The molecule has 0 spiro atoms. The smallest absolute Gasteiger partial charge is 0.123 e. The van der Waals surface area contributed by atoms with E-state index in [1.807, 2.05) is 13.0 Å². The first-order valence-electron chi connectivity index (χ1n) is 6.08. The van der Waals surface area contributed by atoms with Crippen molar-refractivity contribution in [1.82, 2.24) is 0 Å². The van der Waals surface area contributed by atoms with Gasteiger partial charge in [0.2, 0.25) is 0 Å². The number of aryl methyl sites for hydroxylation is 1. The Balaban J connectivity index is 2.09. The summed E-state index contributed by atoms with van der Waals surface area (Å²) in [5.41, 5.74) is 8.36. The first-order valence-corrected chi connectivity index (χ1v) is 6.08. The molecule has 1 fully saturated rings. The van der Waals surface area contributed by atoms with Crippen LogP contribution in [-0.4, -0.2) is 6.04 Å². The summed E-state index contributed by atoms with van der Waals surface area (Å²) in [7, 11) is 0. The minimum atomic E-state index is -0.141. The van der Waals surface area contributed by atoms with Crippen molar-refractivity contribution in [2.24, 2.45) is 17.6 Å². The molecule has 1 nitrogen and oxygen atoms in total. The predicted octanol–water partition coefficient (Wildman–Crippen LogP) is 3.05. The normalized spacial score (nSPS) is 29.6. The molecule has 3 unspecified atom stereocenters. The van der Waals surface area contributed by atoms with Crippen molar-refractivity contribution in [2.45, 2.75) is 39.2 Å². The van der Waals surface area contributed by atoms with E-state index in [0.717, 1.165) is 18.4 Å². The maximum atomic E-state index is 13.0. The van der Waals surface area contributed by atoms with Crippen LogP contribution in [0.25, 0.3) is 0 Å². The highest BCUT2D eigenvalue weighted by Gasteiger charge is 2.30. The third-order valence-electron chi connectivity index (χ3n) is 4.08. The highest BCUT2D eigenvalue weighted by atomic mass is 19.1. The Labute approximate surface area is 96.9 Å². The number of benzene rings is 1. The SMILES string of the molecule is Cc1cc(F)ccc1CC1CCC(N)C1C. The minimum absolute atomic E-state index is 0.141. The summed E-state index contributed by atoms with van der Waals surface area (Å²) >= 11 is 0. The minimum Gasteiger partial charge on any atom is -0.327 e. The van der Waals surface area contributed by atoms with Gasteiger partial charge in [-0.3, -0.25) is 0 Å². The lowest BCUT2D eigenvalue weighted by molar-refractivity contribution is 0.390. The Hall–Kier alpha value is -0.890. The van der Waals surface area contributed by atoms with Gasteiger partial charge in [-0.05, 0) is 61.3 Å². The first kappa shape index (κ1) is 11.6. The number of halogens is 1. The van der Waals surface area contributed by atoms with Crippen molar-refractivity contribution in [2.75, 3.05) is 0 Å². The zero-order valence-electron chi connectivity index (χ0n) is 10.0. The van der Waals surface area contributed by atoms with Crippen LogP contribution >= 0.6 is 0 Å². The Bertz CT molecular complexity index is 375. The number of nitrogens with two attached hydrogens (primary N) is 1. The standard InChI is InChI=1S/C14H20FN/c1-9-7-13(15)5-3-11(9)8-12-4-6-14(16)10(12)2/h3,5,7,10,12,14H,4,6,8,16H2,1-2H3. The molecule has 0 heterocycles. The van der Waals surface area contributed by atoms with Crippen molar-refractivity contribution in [1.29, 1.82) is 0 Å². The summed E-state index contributed by atoms with van der Waals surface area (Å²) in [6, 6.07) is 5.45. The van der Waals surface area contributed by atoms with E-state index in [1.165, 1.54) is 12.0 Å². The van der Waals surface area contributed by atoms with E-state index in [4.69, 9.17) is 5.73 Å². The predicted molar refractivity (Wildman–Crippen MR) is 64.7 cm³/mol. The molecule has 0 saturated heterocycles. The van der Waals surface area contributed by atoms with Crippen LogP contribution in [0.4, 0.5) is 4.39 Å². The van der Waals surface area contributed by atoms with Gasteiger partial charge in [-0.2, -0.15) is 0 Å². The first-order chi connectivity index (χ1) is 7.58. The molecule has 2 heteroatoms. The second-order valence-electron chi connectivity index (χ2n) is 5.14. The van der Waals surface area contributed by atoms with Gasteiger partial charge in [-0.1, -0.05) is 13.0 Å². The van der Waals surface area contributed by atoms with E-state index < -0.39 is 0 Å². The zero-order valence-corrected chi connectivity index (χ0v) is 10.0. The van der Waals surface area contributed by atoms with Gasteiger partial charge in [-0.15, -0.1) is 0 Å². The van der Waals surface area contributed by atoms with E-state index in [2.05, 4.69) is 6.92 Å². The lowest BCUT2D eigenvalue weighted by Crippen LogP contribution is -2.25. The molecule has 0 aliphatic heterocycles. The number of hydrogen-bond acceptors (Lipinski definition) is 1. The monoisotopic (exact) mass is 221 g/mol. The van der Waals surface area contributed by atoms with Crippen molar-refractivity contribution >= 4 is 0 Å². The largest absolute Gasteiger partial charge is 0.327 e. The molecule has 0 aromatic heterocycles. The molecule has 0 radical (unpaired) electrons. The topological polar surface area (TPSA) is 26.0 Å². The van der Waals surface area contributed by atoms with Crippen molar-refractivity contribution in [3.05, 3.63) is 35.1 Å². The molecule has 0 amide bonds. The van der Waals surface area contributed by atoms with Crippen LogP contribution in [0.15, 0.2) is 18.2 Å². The van der Waals surface area contributed by atoms with Gasteiger partial charge < -0.3 is 5.73 Å². The molecule has 1 aromatic rings. The summed E-state index contributed by atoms with van der Waals surface area (Å²) < 4.78 is 13.0. The van der Waals surface area contributed by atoms with Crippen molar-refractivity contribution < 1.29 is 4.39 Å². The van der Waals surface area contributed by atoms with Gasteiger partial charge in [0.1, 0.15) is 5.82 Å². The van der Waals surface area contributed by atoms with Gasteiger partial charge in [0, 0.05) is 6.04 Å². The molecule has 0 bridgehead atoms. The van der Waals surface area contributed by atoms with Crippen LogP contribution < -0.4 is 5.73 Å². The average molecular weight is 221 g/mol. The summed E-state index contributed by atoms with van der Waals surface area (Å²) in [6.07, 6.45) is 3.38. The quantitative estimate of drug-likeness (QED) is 0.816. The highest BCUT2D eigenvalue weighted by molar-refractivity contribution is 5.27. The van der Waals surface area contributed by atoms with Gasteiger partial charge in [0.25, 0.3) is 0 Å². The number of hydrogen-bond donors (Lipinski definition) is 1. The summed E-state index contributed by atoms with van der Waals surface area (Å²) in [5.74, 6) is 1.11. The molecule has 16 heavy (non-hydrogen) atoms. The third-order valence-corrected chi connectivity index (χ3v) is 4.08. The average Bonchev–Trinajstić information content (AvgIpc) is 2.54. The molecule has 2 N–H and O–H groups in total. The molecule has 1 aliphatic rings. The van der Waals surface area contributed by atoms with Crippen molar-refractivity contribution in [3.8, 4) is 0 Å². The molecule has 88 valence electrons. The number of rotatable bonds is 2. The fourth-order valence-electron chi connectivity index (χ4n) is 2.74. The Morgan fingerprint density at radius 1 is 1.38 bits per heavy atom. The Morgan fingerprint density at radius 3 is 2.69 bits per heavy atom. The van der Waals surface area contributed by atoms with Gasteiger partial charge in [0.05, 0.1) is 0 Å². The van der Waals surface area contributed by atoms with E-state index in [9.17, 15) is 4.39 Å². The van der Waals surface area contributed by atoms with Crippen LogP contribution in [0, 0.1) is 24.6 Å². The van der Waals surface area contributed by atoms with Gasteiger partial charge in [-0.25, -0.2) is 4.39 Å². The van der Waals surface area contributed by atoms with E-state index in [-0.39, 0.29) is 5.82 Å². The fraction of sp³-hybridized carbons (Fsp3) is 0.571. The van der Waals surface area contributed by atoms with Crippen LogP contribution in [0.2, 0.25) is 0 Å². The van der Waals surface area contributed by atoms with Gasteiger partial charge in [0.15, 0.2) is 0 Å². The summed E-state index contributed by atoms with van der Waals surface area (Å²) in [5, 5.41) is 0. The molecule has 2 rings (SSSR count). The van der Waals surface area contributed by atoms with Crippen LogP contribution in [0.5, 0.6) is 0 Å². The zero-order chi connectivity index (χ0) is 11.7. The maximum absolute atomic E-state index is 13.0. The summed E-state index contributed by atoms with van der Waals surface area (Å²) in [6.45, 7) is 4.22. The Kier molecular flexibility index (Phi) is 3.29. The maximum Gasteiger partial charge on any atom is 0.123 e. The highest BCUT2D eigenvalue weighted by Crippen LogP contribution is 2.33. The fourth-order valence-corrected chi connectivity index (χ4v) is 2.74. The third kappa shape index (κ3) is 2.27. The molecular formula is C14H20FN. The van der Waals surface area contributed by atoms with Crippen molar-refractivity contribution in [3.63, 3.8) is 0 Å². The van der Waals surface area contributed by atoms with Crippen LogP contribution in [-0.2, 0) is 6.42 Å². The molecule has 3 atom stereocenters. The molecule has 1 saturated carbocycles. The summed E-state index contributed by atoms with van der Waals surface area (Å²) in [4.78, 5) is 0. The lowest BCUT2D eigenvalue weighted by Gasteiger charge is -2.19. The van der Waals surface area contributed by atoms with Gasteiger partial charge >= 0.3 is 0 Å². The van der Waals surface area contributed by atoms with Crippen LogP contribution in [0.1, 0.15) is 30.9 Å². The second-order valence-corrected chi connectivity index (χ2v) is 5.14. The van der Waals surface area contributed by atoms with E-state index >= 15 is 0 Å². The van der Waals surface area contributed by atoms with Crippen LogP contribution in [0.3, 0.4) is 0 Å². The molecular weight excluding hydrogens is 201 g/mol. The lowest BCUT2D eigenvalue weighted by atomic mass is 9.88.